The molecule has 0 radical (unpaired) electrons. The maximum atomic E-state index is 10.4. The third kappa shape index (κ3) is 4.44. The molecule has 90 valence electrons. The Morgan fingerprint density at radius 3 is 3.00 bits per heavy atom. The Labute approximate surface area is 95.7 Å². The van der Waals surface area contributed by atoms with Gasteiger partial charge in [0.1, 0.15) is 0 Å². The van der Waals surface area contributed by atoms with Crippen LogP contribution in [0.3, 0.4) is 0 Å². The fourth-order valence-electron chi connectivity index (χ4n) is 1.52. The number of carbonyl (C=O) groups is 1. The van der Waals surface area contributed by atoms with Gasteiger partial charge in [0.05, 0.1) is 12.6 Å². The molecule has 1 N–H and O–H groups in total. The van der Waals surface area contributed by atoms with Crippen LogP contribution in [0.4, 0.5) is 0 Å². The number of hydrogen-bond acceptors (Lipinski definition) is 3. The zero-order chi connectivity index (χ0) is 12.0. The highest BCUT2D eigenvalue weighted by molar-refractivity contribution is 5.66. The zero-order valence-electron chi connectivity index (χ0n) is 9.89. The highest BCUT2D eigenvalue weighted by Gasteiger charge is 2.05. The molecule has 0 amide bonds. The molecule has 1 rings (SSSR count). The molecular weight excluding hydrogens is 206 g/mol. The molecule has 0 saturated carbocycles. The molecule has 1 aromatic heterocycles. The topological polar surface area (TPSA) is 58.4 Å². The summed E-state index contributed by atoms with van der Waals surface area (Å²) in [5.41, 5.74) is 1.13. The number of aromatic nitrogens is 2. The Morgan fingerprint density at radius 1 is 1.62 bits per heavy atom. The van der Waals surface area contributed by atoms with E-state index in [1.54, 1.807) is 0 Å². The first-order chi connectivity index (χ1) is 7.61. The molecular formula is C11H19N3O2. The molecule has 0 bridgehead atoms. The molecule has 0 aliphatic heterocycles. The maximum absolute atomic E-state index is 10.4. The van der Waals surface area contributed by atoms with Crippen LogP contribution in [-0.4, -0.2) is 39.3 Å². The van der Waals surface area contributed by atoms with E-state index in [9.17, 15) is 4.79 Å². The van der Waals surface area contributed by atoms with Gasteiger partial charge in [0, 0.05) is 31.4 Å². The lowest BCUT2D eigenvalue weighted by atomic mass is 10.3. The molecule has 1 aromatic rings. The molecule has 0 aliphatic rings. The van der Waals surface area contributed by atoms with Crippen molar-refractivity contribution < 1.29 is 9.90 Å². The Kier molecular flexibility index (Phi) is 4.98. The Morgan fingerprint density at radius 2 is 2.38 bits per heavy atom. The average Bonchev–Trinajstić information content (AvgIpc) is 2.63. The van der Waals surface area contributed by atoms with Gasteiger partial charge < -0.3 is 10.0 Å². The van der Waals surface area contributed by atoms with Crippen LogP contribution < -0.4 is 0 Å². The predicted molar refractivity (Wildman–Crippen MR) is 61.1 cm³/mol. The van der Waals surface area contributed by atoms with Gasteiger partial charge >= 0.3 is 5.97 Å². The van der Waals surface area contributed by atoms with Gasteiger partial charge in [-0.2, -0.15) is 5.10 Å². The fraction of sp³-hybridized carbons (Fsp3) is 0.636. The van der Waals surface area contributed by atoms with Crippen LogP contribution in [0.25, 0.3) is 0 Å². The van der Waals surface area contributed by atoms with Crippen LogP contribution in [0.15, 0.2) is 12.4 Å². The standard InChI is InChI=1S/C11H19N3O2/c1-3-5-14-9-10(7-12-14)8-13(2)6-4-11(15)16/h7,9H,3-6,8H2,1-2H3,(H,15,16). The van der Waals surface area contributed by atoms with Crippen molar-refractivity contribution in [3.05, 3.63) is 18.0 Å². The van der Waals surface area contributed by atoms with Crippen LogP contribution >= 0.6 is 0 Å². The zero-order valence-corrected chi connectivity index (χ0v) is 9.89. The summed E-state index contributed by atoms with van der Waals surface area (Å²) in [5, 5.41) is 12.8. The number of aryl methyl sites for hydroxylation is 1. The quantitative estimate of drug-likeness (QED) is 0.757. The first kappa shape index (κ1) is 12.7. The minimum atomic E-state index is -0.756. The molecule has 5 heteroatoms. The minimum Gasteiger partial charge on any atom is -0.481 e. The van der Waals surface area contributed by atoms with Gasteiger partial charge in [-0.05, 0) is 13.5 Å². The third-order valence-electron chi connectivity index (χ3n) is 2.30. The van der Waals surface area contributed by atoms with Crippen molar-refractivity contribution in [3.8, 4) is 0 Å². The molecule has 1 heterocycles. The predicted octanol–water partition coefficient (Wildman–Crippen LogP) is 1.20. The summed E-state index contributed by atoms with van der Waals surface area (Å²) in [6.45, 7) is 4.35. The lowest BCUT2D eigenvalue weighted by Crippen LogP contribution is -2.21. The number of carboxylic acid groups (broad SMARTS) is 1. The average molecular weight is 225 g/mol. The normalized spacial score (nSPS) is 10.9. The van der Waals surface area contributed by atoms with Gasteiger partial charge in [0.15, 0.2) is 0 Å². The van der Waals surface area contributed by atoms with E-state index < -0.39 is 5.97 Å². The monoisotopic (exact) mass is 225 g/mol. The lowest BCUT2D eigenvalue weighted by Gasteiger charge is -2.13. The SMILES string of the molecule is CCCn1cc(CN(C)CCC(=O)O)cn1. The lowest BCUT2D eigenvalue weighted by molar-refractivity contribution is -0.137. The first-order valence-electron chi connectivity index (χ1n) is 5.53. The number of hydrogen-bond donors (Lipinski definition) is 1. The number of aliphatic carboxylic acids is 1. The molecule has 0 saturated heterocycles. The number of carboxylic acids is 1. The largest absolute Gasteiger partial charge is 0.481 e. The van der Waals surface area contributed by atoms with E-state index in [1.807, 2.05) is 29.0 Å². The molecule has 0 spiro atoms. The highest BCUT2D eigenvalue weighted by Crippen LogP contribution is 2.03. The van der Waals surface area contributed by atoms with E-state index in [2.05, 4.69) is 12.0 Å². The van der Waals surface area contributed by atoms with Gasteiger partial charge in [-0.3, -0.25) is 9.48 Å². The van der Waals surface area contributed by atoms with E-state index in [4.69, 9.17) is 5.11 Å². The van der Waals surface area contributed by atoms with Gasteiger partial charge in [0.2, 0.25) is 0 Å². The van der Waals surface area contributed by atoms with E-state index in [0.29, 0.717) is 6.54 Å². The van der Waals surface area contributed by atoms with Crippen molar-refractivity contribution in [2.75, 3.05) is 13.6 Å². The van der Waals surface area contributed by atoms with Gasteiger partial charge in [-0.15, -0.1) is 0 Å². The van der Waals surface area contributed by atoms with Gasteiger partial charge in [-0.1, -0.05) is 6.92 Å². The molecule has 5 nitrogen and oxygen atoms in total. The smallest absolute Gasteiger partial charge is 0.304 e. The molecule has 0 fully saturated rings. The van der Waals surface area contributed by atoms with E-state index in [1.165, 1.54) is 0 Å². The summed E-state index contributed by atoms with van der Waals surface area (Å²) in [5.74, 6) is -0.756. The second-order valence-electron chi connectivity index (χ2n) is 3.99. The molecule has 0 unspecified atom stereocenters. The summed E-state index contributed by atoms with van der Waals surface area (Å²) in [7, 11) is 1.92. The maximum Gasteiger partial charge on any atom is 0.304 e. The van der Waals surface area contributed by atoms with Crippen LogP contribution in [-0.2, 0) is 17.9 Å². The summed E-state index contributed by atoms with van der Waals surface area (Å²) in [4.78, 5) is 12.4. The van der Waals surface area contributed by atoms with Crippen molar-refractivity contribution in [1.82, 2.24) is 14.7 Å². The summed E-state index contributed by atoms with van der Waals surface area (Å²) < 4.78 is 1.92. The van der Waals surface area contributed by atoms with Crippen molar-refractivity contribution >= 4 is 5.97 Å². The second-order valence-corrected chi connectivity index (χ2v) is 3.99. The Hall–Kier alpha value is -1.36. The number of rotatable bonds is 7. The molecule has 0 aromatic carbocycles. The van der Waals surface area contributed by atoms with E-state index in [0.717, 1.165) is 25.1 Å². The highest BCUT2D eigenvalue weighted by atomic mass is 16.4. The van der Waals surface area contributed by atoms with Gasteiger partial charge in [0.25, 0.3) is 0 Å². The number of nitrogens with zero attached hydrogens (tertiary/aromatic N) is 3. The van der Waals surface area contributed by atoms with Crippen LogP contribution in [0.2, 0.25) is 0 Å². The summed E-state index contributed by atoms with van der Waals surface area (Å²) in [6.07, 6.45) is 5.10. The van der Waals surface area contributed by atoms with Crippen molar-refractivity contribution in [2.45, 2.75) is 32.9 Å². The second kappa shape index (κ2) is 6.27. The van der Waals surface area contributed by atoms with Crippen molar-refractivity contribution in [3.63, 3.8) is 0 Å². The fourth-order valence-corrected chi connectivity index (χ4v) is 1.52. The minimum absolute atomic E-state index is 0.180. The summed E-state index contributed by atoms with van der Waals surface area (Å²) >= 11 is 0. The summed E-state index contributed by atoms with van der Waals surface area (Å²) in [6, 6.07) is 0. The van der Waals surface area contributed by atoms with Crippen molar-refractivity contribution in [1.29, 1.82) is 0 Å². The van der Waals surface area contributed by atoms with E-state index in [-0.39, 0.29) is 6.42 Å². The van der Waals surface area contributed by atoms with Crippen LogP contribution in [0, 0.1) is 0 Å². The molecule has 0 atom stereocenters. The van der Waals surface area contributed by atoms with Crippen LogP contribution in [0.1, 0.15) is 25.3 Å². The third-order valence-corrected chi connectivity index (χ3v) is 2.30. The molecule has 0 aliphatic carbocycles. The van der Waals surface area contributed by atoms with Crippen molar-refractivity contribution in [2.24, 2.45) is 0 Å². The van der Waals surface area contributed by atoms with Gasteiger partial charge in [-0.25, -0.2) is 0 Å². The Bertz CT molecular complexity index is 336. The van der Waals surface area contributed by atoms with Crippen LogP contribution in [0.5, 0.6) is 0 Å². The Balaban J connectivity index is 2.37. The first-order valence-corrected chi connectivity index (χ1v) is 5.53. The molecule has 16 heavy (non-hydrogen) atoms. The van der Waals surface area contributed by atoms with E-state index >= 15 is 0 Å².